The van der Waals surface area contributed by atoms with Gasteiger partial charge in [-0.2, -0.15) is 0 Å². The van der Waals surface area contributed by atoms with E-state index in [0.29, 0.717) is 13.0 Å². The fourth-order valence-corrected chi connectivity index (χ4v) is 4.56. The van der Waals surface area contributed by atoms with Crippen LogP contribution >= 0.6 is 0 Å². The molecule has 0 saturated carbocycles. The van der Waals surface area contributed by atoms with Gasteiger partial charge in [0.2, 0.25) is 5.91 Å². The third-order valence-corrected chi connectivity index (χ3v) is 7.11. The fraction of sp³-hybridized carbons (Fsp3) is 0.889. The molecule has 0 aromatic carbocycles. The highest BCUT2D eigenvalue weighted by molar-refractivity contribution is 6.60. The molecule has 0 aliphatic carbocycles. The Morgan fingerprint density at radius 1 is 1.08 bits per heavy atom. The maximum absolute atomic E-state index is 12.0. The lowest BCUT2D eigenvalue weighted by Gasteiger charge is -2.30. The van der Waals surface area contributed by atoms with Crippen molar-refractivity contribution in [2.45, 2.75) is 71.8 Å². The monoisotopic (exact) mass is 360 g/mol. The first-order valence-electron chi connectivity index (χ1n) is 9.08. The van der Waals surface area contributed by atoms with Crippen molar-refractivity contribution in [2.24, 2.45) is 5.41 Å². The molecule has 1 amide bonds. The Morgan fingerprint density at radius 3 is 2.21 bits per heavy atom. The van der Waals surface area contributed by atoms with E-state index in [2.05, 4.69) is 32.5 Å². The van der Waals surface area contributed by atoms with Gasteiger partial charge in [-0.25, -0.2) is 0 Å². The number of carbonyl (C=O) groups is 1. The number of amides is 1. The Hall–Kier alpha value is -0.433. The summed E-state index contributed by atoms with van der Waals surface area (Å²) in [5.41, 5.74) is -0.0171. The Bertz CT molecular complexity index is 325. The lowest BCUT2D eigenvalue weighted by molar-refractivity contribution is -0.121. The molecule has 0 fully saturated rings. The van der Waals surface area contributed by atoms with Gasteiger partial charge in [-0.3, -0.25) is 4.79 Å². The highest BCUT2D eigenvalue weighted by Crippen LogP contribution is 2.27. The van der Waals surface area contributed by atoms with Crippen LogP contribution in [0.2, 0.25) is 6.04 Å². The van der Waals surface area contributed by atoms with Crippen molar-refractivity contribution in [3.63, 3.8) is 0 Å². The predicted octanol–water partition coefficient (Wildman–Crippen LogP) is 3.96. The molecular formula is C18H38NO4Si. The molecule has 0 heterocycles. The molecule has 0 aliphatic rings. The van der Waals surface area contributed by atoms with Crippen LogP contribution in [0.25, 0.3) is 0 Å². The average molecular weight is 361 g/mol. The molecule has 24 heavy (non-hydrogen) atoms. The van der Waals surface area contributed by atoms with Gasteiger partial charge in [0.05, 0.1) is 0 Å². The van der Waals surface area contributed by atoms with Gasteiger partial charge in [0.1, 0.15) is 0 Å². The SMILES string of the molecule is CCCC[CH]CCCC(=O)NCC(C)(C)CC[Si](OC)(OC)OC. The van der Waals surface area contributed by atoms with Crippen molar-refractivity contribution in [1.29, 1.82) is 0 Å². The number of hydrogen-bond acceptors (Lipinski definition) is 4. The van der Waals surface area contributed by atoms with E-state index in [1.165, 1.54) is 12.8 Å². The molecule has 0 saturated heterocycles. The molecule has 0 aromatic rings. The van der Waals surface area contributed by atoms with E-state index < -0.39 is 8.80 Å². The van der Waals surface area contributed by atoms with Gasteiger partial charge in [-0.15, -0.1) is 0 Å². The summed E-state index contributed by atoms with van der Waals surface area (Å²) in [5, 5.41) is 3.06. The zero-order chi connectivity index (χ0) is 18.5. The second-order valence-electron chi connectivity index (χ2n) is 7.06. The molecule has 0 bridgehead atoms. The van der Waals surface area contributed by atoms with E-state index in [9.17, 15) is 4.79 Å². The van der Waals surface area contributed by atoms with E-state index in [-0.39, 0.29) is 11.3 Å². The molecule has 0 spiro atoms. The molecule has 6 heteroatoms. The van der Waals surface area contributed by atoms with Crippen LogP contribution in [0.4, 0.5) is 0 Å². The molecule has 0 aromatic heterocycles. The number of nitrogens with one attached hydrogen (secondary N) is 1. The first kappa shape index (κ1) is 23.6. The summed E-state index contributed by atoms with van der Waals surface area (Å²) >= 11 is 0. The highest BCUT2D eigenvalue weighted by atomic mass is 28.4. The zero-order valence-corrected chi connectivity index (χ0v) is 17.6. The van der Waals surface area contributed by atoms with Crippen molar-refractivity contribution < 1.29 is 18.1 Å². The molecule has 0 rings (SSSR count). The van der Waals surface area contributed by atoms with E-state index >= 15 is 0 Å². The van der Waals surface area contributed by atoms with Crippen LogP contribution in [0, 0.1) is 11.8 Å². The fourth-order valence-electron chi connectivity index (χ4n) is 2.46. The summed E-state index contributed by atoms with van der Waals surface area (Å²) < 4.78 is 16.4. The van der Waals surface area contributed by atoms with Gasteiger partial charge in [0.25, 0.3) is 0 Å². The molecule has 0 atom stereocenters. The van der Waals surface area contributed by atoms with Crippen LogP contribution in [0.15, 0.2) is 0 Å². The Labute approximate surface area is 150 Å². The lowest BCUT2D eigenvalue weighted by Crippen LogP contribution is -2.44. The van der Waals surface area contributed by atoms with Crippen LogP contribution in [0.5, 0.6) is 0 Å². The van der Waals surface area contributed by atoms with Crippen LogP contribution in [0.3, 0.4) is 0 Å². The van der Waals surface area contributed by atoms with E-state index in [0.717, 1.165) is 31.7 Å². The summed E-state index contributed by atoms with van der Waals surface area (Å²) in [6.45, 7) is 7.15. The number of carbonyl (C=O) groups excluding carboxylic acids is 1. The summed E-state index contributed by atoms with van der Waals surface area (Å²) in [6, 6.07) is 0.742. The predicted molar refractivity (Wildman–Crippen MR) is 101 cm³/mol. The number of rotatable bonds is 15. The van der Waals surface area contributed by atoms with E-state index in [1.807, 2.05) is 0 Å². The first-order valence-corrected chi connectivity index (χ1v) is 11.0. The molecule has 143 valence electrons. The molecule has 0 unspecified atom stereocenters. The van der Waals surface area contributed by atoms with Crippen LogP contribution in [-0.4, -0.2) is 42.6 Å². The topological polar surface area (TPSA) is 56.8 Å². The molecule has 1 radical (unpaired) electrons. The molecule has 1 N–H and O–H groups in total. The van der Waals surface area contributed by atoms with Crippen LogP contribution in [0.1, 0.15) is 65.7 Å². The van der Waals surface area contributed by atoms with Gasteiger partial charge in [-0.1, -0.05) is 40.0 Å². The third kappa shape index (κ3) is 10.4. The van der Waals surface area contributed by atoms with Crippen molar-refractivity contribution in [1.82, 2.24) is 5.32 Å². The van der Waals surface area contributed by atoms with Gasteiger partial charge < -0.3 is 18.6 Å². The Morgan fingerprint density at radius 2 is 1.67 bits per heavy atom. The molecular weight excluding hydrogens is 322 g/mol. The number of unbranched alkanes of at least 4 members (excludes halogenated alkanes) is 5. The van der Waals surface area contributed by atoms with Gasteiger partial charge in [0, 0.05) is 40.3 Å². The average Bonchev–Trinajstić information content (AvgIpc) is 2.58. The number of hydrogen-bond donors (Lipinski definition) is 1. The van der Waals surface area contributed by atoms with Gasteiger partial charge >= 0.3 is 8.80 Å². The minimum absolute atomic E-state index is 0.0171. The lowest BCUT2D eigenvalue weighted by atomic mass is 9.90. The highest BCUT2D eigenvalue weighted by Gasteiger charge is 2.39. The standard InChI is InChI=1S/C18H38NO4Si/c1-7-8-9-10-11-12-13-17(20)19-16-18(2,3)14-15-24(21-4,22-5)23-6/h10H,7-9,11-16H2,1-6H3,(H,19,20). The van der Waals surface area contributed by atoms with Crippen molar-refractivity contribution in [2.75, 3.05) is 27.9 Å². The largest absolute Gasteiger partial charge is 0.500 e. The van der Waals surface area contributed by atoms with E-state index in [4.69, 9.17) is 13.3 Å². The maximum atomic E-state index is 12.0. The Kier molecular flexibility index (Phi) is 12.6. The van der Waals surface area contributed by atoms with Crippen LogP contribution in [-0.2, 0) is 18.1 Å². The van der Waals surface area contributed by atoms with Crippen molar-refractivity contribution in [3.8, 4) is 0 Å². The van der Waals surface area contributed by atoms with E-state index in [1.54, 1.807) is 21.3 Å². The smallest absolute Gasteiger partial charge is 0.377 e. The van der Waals surface area contributed by atoms with Crippen molar-refractivity contribution in [3.05, 3.63) is 6.42 Å². The third-order valence-electron chi connectivity index (χ3n) is 4.38. The normalized spacial score (nSPS) is 12.4. The van der Waals surface area contributed by atoms with Gasteiger partial charge in [0.15, 0.2) is 0 Å². The summed E-state index contributed by atoms with van der Waals surface area (Å²) in [4.78, 5) is 12.0. The zero-order valence-electron chi connectivity index (χ0n) is 16.6. The minimum atomic E-state index is -2.54. The molecule has 5 nitrogen and oxygen atoms in total. The summed E-state index contributed by atoms with van der Waals surface area (Å²) in [5.74, 6) is 0.140. The quantitative estimate of drug-likeness (QED) is 0.355. The van der Waals surface area contributed by atoms with Gasteiger partial charge in [-0.05, 0) is 31.1 Å². The second-order valence-corrected chi connectivity index (χ2v) is 10.2. The van der Waals surface area contributed by atoms with Crippen LogP contribution < -0.4 is 5.32 Å². The first-order chi connectivity index (χ1) is 11.3. The van der Waals surface area contributed by atoms with Crippen molar-refractivity contribution >= 4 is 14.7 Å². The minimum Gasteiger partial charge on any atom is -0.377 e. The second kappa shape index (κ2) is 12.9. The maximum Gasteiger partial charge on any atom is 0.500 e. The summed E-state index contributed by atoms with van der Waals surface area (Å²) in [7, 11) is 2.35. The molecule has 0 aliphatic heterocycles. The Balaban J connectivity index is 3.99. The summed E-state index contributed by atoms with van der Waals surface area (Å²) in [6.07, 6.45) is 9.37.